The van der Waals surface area contributed by atoms with Crippen molar-refractivity contribution in [2.75, 3.05) is 18.0 Å². The topological polar surface area (TPSA) is 75.9 Å². The van der Waals surface area contributed by atoms with Crippen molar-refractivity contribution in [3.05, 3.63) is 59.5 Å². The van der Waals surface area contributed by atoms with Crippen molar-refractivity contribution in [2.45, 2.75) is 43.7 Å². The highest BCUT2D eigenvalue weighted by Crippen LogP contribution is 2.68. The standard InChI is InChI=1S/C26H25FN4O3/c1-28-26(20-3-2-4-21(20)26)23-10-7-16(12-29-23)19-9-8-17(11-22(19)27)31-14-18(34-25(31)33)13-30-24(32)15-5-6-15/h7-12,15,18,20-21H,2-6,13-14H2,(H,30,32)/t18-,20-,21+,26?/m0/s1. The number of anilines is 1. The second kappa shape index (κ2) is 7.79. The van der Waals surface area contributed by atoms with Crippen LogP contribution in [0.2, 0.25) is 0 Å². The fourth-order valence-electron chi connectivity index (χ4n) is 5.76. The summed E-state index contributed by atoms with van der Waals surface area (Å²) in [5.41, 5.74) is 1.73. The molecule has 34 heavy (non-hydrogen) atoms. The number of nitrogens with zero attached hydrogens (tertiary/aromatic N) is 3. The van der Waals surface area contributed by atoms with Gasteiger partial charge in [-0.05, 0) is 49.9 Å². The van der Waals surface area contributed by atoms with Crippen LogP contribution < -0.4 is 10.2 Å². The molecular formula is C26H25FN4O3. The zero-order chi connectivity index (χ0) is 23.4. The van der Waals surface area contributed by atoms with E-state index in [1.54, 1.807) is 18.3 Å². The van der Waals surface area contributed by atoms with Crippen LogP contribution >= 0.6 is 0 Å². The zero-order valence-electron chi connectivity index (χ0n) is 18.7. The molecule has 174 valence electrons. The molecule has 2 amide bonds. The Morgan fingerprint density at radius 2 is 2.03 bits per heavy atom. The summed E-state index contributed by atoms with van der Waals surface area (Å²) < 4.78 is 20.4. The molecule has 3 saturated carbocycles. The average Bonchev–Trinajstić information content (AvgIpc) is 3.70. The molecule has 1 N–H and O–H groups in total. The normalized spacial score (nSPS) is 29.4. The third kappa shape index (κ3) is 3.33. The molecular weight excluding hydrogens is 435 g/mol. The fourth-order valence-corrected chi connectivity index (χ4v) is 5.76. The Morgan fingerprint density at radius 3 is 2.68 bits per heavy atom. The number of rotatable bonds is 6. The lowest BCUT2D eigenvalue weighted by atomic mass is 9.99. The summed E-state index contributed by atoms with van der Waals surface area (Å²) in [6, 6.07) is 8.32. The average molecular weight is 461 g/mol. The van der Waals surface area contributed by atoms with E-state index >= 15 is 4.39 Å². The third-order valence-corrected chi connectivity index (χ3v) is 7.80. The van der Waals surface area contributed by atoms with Gasteiger partial charge in [0.15, 0.2) is 0 Å². The van der Waals surface area contributed by atoms with E-state index in [0.717, 1.165) is 31.4 Å². The summed E-state index contributed by atoms with van der Waals surface area (Å²) in [5.74, 6) is 0.440. The number of ether oxygens (including phenoxy) is 1. The number of hydrogen-bond acceptors (Lipinski definition) is 4. The summed E-state index contributed by atoms with van der Waals surface area (Å²) >= 11 is 0. The van der Waals surface area contributed by atoms with Gasteiger partial charge in [-0.25, -0.2) is 15.8 Å². The van der Waals surface area contributed by atoms with Crippen LogP contribution in [0.25, 0.3) is 16.0 Å². The van der Waals surface area contributed by atoms with E-state index in [2.05, 4.69) is 15.1 Å². The molecule has 1 aromatic carbocycles. The molecule has 4 fully saturated rings. The van der Waals surface area contributed by atoms with E-state index in [-0.39, 0.29) is 24.9 Å². The summed E-state index contributed by atoms with van der Waals surface area (Å²) in [7, 11) is 0. The Bertz CT molecular complexity index is 1190. The Balaban J connectivity index is 1.15. The summed E-state index contributed by atoms with van der Waals surface area (Å²) in [5, 5.41) is 2.82. The van der Waals surface area contributed by atoms with Crippen molar-refractivity contribution in [1.82, 2.24) is 10.3 Å². The van der Waals surface area contributed by atoms with Crippen LogP contribution in [0.3, 0.4) is 0 Å². The Labute approximate surface area is 197 Å². The first-order chi connectivity index (χ1) is 16.5. The Hall–Kier alpha value is -3.47. The molecule has 0 bridgehead atoms. The molecule has 2 aromatic rings. The molecule has 1 aliphatic heterocycles. The van der Waals surface area contributed by atoms with Crippen molar-refractivity contribution in [3.8, 4) is 11.1 Å². The van der Waals surface area contributed by atoms with Crippen molar-refractivity contribution >= 4 is 17.7 Å². The second-order valence-corrected chi connectivity index (χ2v) is 9.81. The second-order valence-electron chi connectivity index (χ2n) is 9.81. The van der Waals surface area contributed by atoms with Gasteiger partial charge >= 0.3 is 6.09 Å². The summed E-state index contributed by atoms with van der Waals surface area (Å²) in [6.07, 6.45) is 5.79. The van der Waals surface area contributed by atoms with Crippen LogP contribution in [0.15, 0.2) is 36.5 Å². The lowest BCUT2D eigenvalue weighted by Gasteiger charge is -2.15. The largest absolute Gasteiger partial charge is 0.442 e. The van der Waals surface area contributed by atoms with Gasteiger partial charge in [0.2, 0.25) is 5.91 Å². The number of halogens is 1. The van der Waals surface area contributed by atoms with Crippen LogP contribution in [0, 0.1) is 30.1 Å². The maximum absolute atomic E-state index is 15.1. The highest BCUT2D eigenvalue weighted by molar-refractivity contribution is 5.90. The minimum atomic E-state index is -0.553. The fraction of sp³-hybridized carbons (Fsp3) is 0.462. The predicted molar refractivity (Wildman–Crippen MR) is 122 cm³/mol. The maximum atomic E-state index is 15.1. The molecule has 1 aromatic heterocycles. The number of hydrogen-bond donors (Lipinski definition) is 1. The van der Waals surface area contributed by atoms with Gasteiger partial charge in [0, 0.05) is 23.2 Å². The van der Waals surface area contributed by atoms with Gasteiger partial charge in [0.25, 0.3) is 5.54 Å². The molecule has 0 spiro atoms. The first-order valence-corrected chi connectivity index (χ1v) is 11.9. The molecule has 3 aliphatic carbocycles. The van der Waals surface area contributed by atoms with Gasteiger partial charge in [0.05, 0.1) is 30.6 Å². The monoisotopic (exact) mass is 460 g/mol. The van der Waals surface area contributed by atoms with Crippen molar-refractivity contribution in [1.29, 1.82) is 0 Å². The number of nitrogens with one attached hydrogen (secondary N) is 1. The van der Waals surface area contributed by atoms with Gasteiger partial charge in [-0.3, -0.25) is 14.7 Å². The maximum Gasteiger partial charge on any atom is 0.414 e. The highest BCUT2D eigenvalue weighted by atomic mass is 19.1. The first kappa shape index (κ1) is 21.1. The third-order valence-electron chi connectivity index (χ3n) is 7.80. The van der Waals surface area contributed by atoms with E-state index < -0.39 is 23.6 Å². The lowest BCUT2D eigenvalue weighted by molar-refractivity contribution is -0.122. The minimum absolute atomic E-state index is 0.00302. The molecule has 6 rings (SSSR count). The van der Waals surface area contributed by atoms with Gasteiger partial charge in [0.1, 0.15) is 17.6 Å². The smallest absolute Gasteiger partial charge is 0.414 e. The van der Waals surface area contributed by atoms with E-state index in [1.807, 2.05) is 12.1 Å². The Kier molecular flexibility index (Phi) is 4.83. The number of aromatic nitrogens is 1. The number of cyclic esters (lactones) is 1. The zero-order valence-corrected chi connectivity index (χ0v) is 18.7. The van der Waals surface area contributed by atoms with Crippen LogP contribution in [-0.2, 0) is 15.1 Å². The summed E-state index contributed by atoms with van der Waals surface area (Å²) in [6.45, 7) is 8.23. The molecule has 1 unspecified atom stereocenters. The first-order valence-electron chi connectivity index (χ1n) is 11.9. The number of pyridine rings is 1. The van der Waals surface area contributed by atoms with Crippen LogP contribution in [0.4, 0.5) is 14.9 Å². The van der Waals surface area contributed by atoms with Gasteiger partial charge in [-0.2, -0.15) is 0 Å². The molecule has 8 heteroatoms. The number of carbonyl (C=O) groups excluding carboxylic acids is 2. The number of fused-ring (bicyclic) bond motifs is 1. The molecule has 1 saturated heterocycles. The molecule has 7 nitrogen and oxygen atoms in total. The molecule has 4 atom stereocenters. The van der Waals surface area contributed by atoms with Crippen molar-refractivity contribution in [3.63, 3.8) is 0 Å². The SMILES string of the molecule is [C-]#[N+]C1(c2ccc(-c3ccc(N4C[C@H](CNC(=O)C5CC5)OC4=O)cc3F)cn2)[C@@H]2CCC[C@@H]21. The van der Waals surface area contributed by atoms with Crippen LogP contribution in [0.1, 0.15) is 37.8 Å². The quantitative estimate of drug-likeness (QED) is 0.653. The highest BCUT2D eigenvalue weighted by Gasteiger charge is 2.75. The number of benzene rings is 1. The van der Waals surface area contributed by atoms with E-state index in [1.165, 1.54) is 17.4 Å². The van der Waals surface area contributed by atoms with E-state index in [0.29, 0.717) is 28.7 Å². The lowest BCUT2D eigenvalue weighted by Crippen LogP contribution is -2.35. The van der Waals surface area contributed by atoms with E-state index in [4.69, 9.17) is 11.3 Å². The minimum Gasteiger partial charge on any atom is -0.442 e. The van der Waals surface area contributed by atoms with Gasteiger partial charge in [-0.1, -0.05) is 12.5 Å². The van der Waals surface area contributed by atoms with Crippen LogP contribution in [-0.4, -0.2) is 36.2 Å². The molecule has 0 radical (unpaired) electrons. The molecule has 4 aliphatic rings. The van der Waals surface area contributed by atoms with Crippen molar-refractivity contribution < 1.29 is 18.7 Å². The summed E-state index contributed by atoms with van der Waals surface area (Å²) in [4.78, 5) is 34.0. The van der Waals surface area contributed by atoms with Crippen LogP contribution in [0.5, 0.6) is 0 Å². The number of amides is 2. The van der Waals surface area contributed by atoms with E-state index in [9.17, 15) is 9.59 Å². The van der Waals surface area contributed by atoms with Gasteiger partial charge < -0.3 is 14.9 Å². The predicted octanol–water partition coefficient (Wildman–Crippen LogP) is 4.28. The number of carbonyl (C=O) groups is 2. The van der Waals surface area contributed by atoms with Crippen molar-refractivity contribution in [2.24, 2.45) is 17.8 Å². The van der Waals surface area contributed by atoms with Gasteiger partial charge in [-0.15, -0.1) is 0 Å². The molecule has 2 heterocycles. The Morgan fingerprint density at radius 1 is 1.24 bits per heavy atom.